The minimum absolute atomic E-state index is 0.866. The summed E-state index contributed by atoms with van der Waals surface area (Å²) in [5.74, 6) is 0. The molecule has 0 spiro atoms. The molecule has 2 nitrogen and oxygen atoms in total. The maximum atomic E-state index is 10.8. The van der Waals surface area contributed by atoms with Crippen LogP contribution in [-0.2, 0) is 5.72 Å². The third kappa shape index (κ3) is 1.08. The highest BCUT2D eigenvalue weighted by Gasteiger charge is 2.42. The van der Waals surface area contributed by atoms with E-state index in [-0.39, 0.29) is 0 Å². The Bertz CT molecular complexity index is 715. The van der Waals surface area contributed by atoms with E-state index in [9.17, 15) is 5.11 Å². The lowest BCUT2D eigenvalue weighted by molar-refractivity contribution is 0.114. The van der Waals surface area contributed by atoms with Gasteiger partial charge in [-0.05, 0) is 17.2 Å². The second-order valence-electron chi connectivity index (χ2n) is 4.66. The Morgan fingerprint density at radius 2 is 1.61 bits per heavy atom. The molecule has 0 amide bonds. The first-order chi connectivity index (χ1) is 8.79. The first-order valence-electron chi connectivity index (χ1n) is 5.98. The Hall–Kier alpha value is -2.19. The van der Waals surface area contributed by atoms with Gasteiger partial charge in [-0.1, -0.05) is 48.5 Å². The molecule has 1 unspecified atom stereocenters. The summed E-state index contributed by atoms with van der Waals surface area (Å²) in [7, 11) is 0. The summed E-state index contributed by atoms with van der Waals surface area (Å²) in [6.07, 6.45) is 3.79. The summed E-state index contributed by atoms with van der Waals surface area (Å²) >= 11 is 0. The predicted octanol–water partition coefficient (Wildman–Crippen LogP) is 2.82. The Kier molecular flexibility index (Phi) is 1.73. The Balaban J connectivity index is 2.05. The van der Waals surface area contributed by atoms with Gasteiger partial charge in [-0.3, -0.25) is 0 Å². The Morgan fingerprint density at radius 1 is 0.889 bits per heavy atom. The number of rotatable bonds is 0. The molecule has 2 heteroatoms. The lowest BCUT2D eigenvalue weighted by Gasteiger charge is -2.28. The predicted molar refractivity (Wildman–Crippen MR) is 72.2 cm³/mol. The van der Waals surface area contributed by atoms with Gasteiger partial charge in [-0.15, -0.1) is 0 Å². The van der Waals surface area contributed by atoms with Crippen LogP contribution in [0.4, 0.5) is 0 Å². The highest BCUT2D eigenvalue weighted by atomic mass is 16.3. The van der Waals surface area contributed by atoms with Gasteiger partial charge in [-0.2, -0.15) is 0 Å². The lowest BCUT2D eigenvalue weighted by Crippen LogP contribution is -2.26. The third-order valence-electron chi connectivity index (χ3n) is 3.65. The van der Waals surface area contributed by atoms with Crippen molar-refractivity contribution in [1.82, 2.24) is 0 Å². The number of hydrogen-bond acceptors (Lipinski definition) is 2. The maximum absolute atomic E-state index is 10.8. The molecule has 2 aromatic carbocycles. The van der Waals surface area contributed by atoms with Gasteiger partial charge >= 0.3 is 0 Å². The van der Waals surface area contributed by atoms with Crippen molar-refractivity contribution < 1.29 is 5.11 Å². The molecule has 0 radical (unpaired) electrons. The maximum Gasteiger partial charge on any atom is 0.210 e. The van der Waals surface area contributed by atoms with E-state index >= 15 is 0 Å². The Morgan fingerprint density at radius 3 is 2.50 bits per heavy atom. The first kappa shape index (κ1) is 9.80. The fourth-order valence-electron chi connectivity index (χ4n) is 2.76. The number of aliphatic hydroxyl groups is 1. The van der Waals surface area contributed by atoms with Gasteiger partial charge in [0.25, 0.3) is 0 Å². The van der Waals surface area contributed by atoms with E-state index in [1.165, 1.54) is 0 Å². The van der Waals surface area contributed by atoms with E-state index in [1.54, 1.807) is 6.21 Å². The van der Waals surface area contributed by atoms with Gasteiger partial charge in [0.1, 0.15) is 0 Å². The van der Waals surface area contributed by atoms with Crippen LogP contribution in [0, 0.1) is 0 Å². The monoisotopic (exact) mass is 233 g/mol. The molecule has 2 aliphatic rings. The van der Waals surface area contributed by atoms with Gasteiger partial charge in [0.2, 0.25) is 5.72 Å². The second kappa shape index (κ2) is 3.18. The molecule has 0 saturated heterocycles. The van der Waals surface area contributed by atoms with Crippen molar-refractivity contribution in [3.8, 4) is 0 Å². The summed E-state index contributed by atoms with van der Waals surface area (Å²) in [5.41, 5.74) is 3.70. The van der Waals surface area contributed by atoms with Crippen molar-refractivity contribution in [2.45, 2.75) is 5.72 Å². The molecule has 86 valence electrons. The topological polar surface area (TPSA) is 32.6 Å². The highest BCUT2D eigenvalue weighted by Crippen LogP contribution is 2.48. The van der Waals surface area contributed by atoms with E-state index in [0.29, 0.717) is 0 Å². The standard InChI is InChI=1S/C16H11NO/c18-16-14-8-4-2-5-11(14)9-15(16)13-7-3-1-6-12(13)10-17-16/h1-10,18H. The number of hydrogen-bond donors (Lipinski definition) is 1. The van der Waals surface area contributed by atoms with Crippen LogP contribution in [0.1, 0.15) is 22.3 Å². The van der Waals surface area contributed by atoms with Crippen LogP contribution in [0.15, 0.2) is 53.5 Å². The van der Waals surface area contributed by atoms with E-state index in [2.05, 4.69) is 4.99 Å². The molecule has 1 aliphatic carbocycles. The summed E-state index contributed by atoms with van der Waals surface area (Å²) in [5, 5.41) is 10.8. The van der Waals surface area contributed by atoms with Crippen molar-refractivity contribution in [2.24, 2.45) is 4.99 Å². The minimum atomic E-state index is -1.20. The average molecular weight is 233 g/mol. The van der Waals surface area contributed by atoms with Crippen LogP contribution in [0.25, 0.3) is 11.6 Å². The largest absolute Gasteiger partial charge is 0.362 e. The van der Waals surface area contributed by atoms with Crippen LogP contribution < -0.4 is 0 Å². The van der Waals surface area contributed by atoms with E-state index in [4.69, 9.17) is 0 Å². The van der Waals surface area contributed by atoms with E-state index in [0.717, 1.165) is 27.8 Å². The third-order valence-corrected chi connectivity index (χ3v) is 3.65. The molecule has 18 heavy (non-hydrogen) atoms. The molecule has 0 fully saturated rings. The van der Waals surface area contributed by atoms with Crippen LogP contribution in [0.3, 0.4) is 0 Å². The highest BCUT2D eigenvalue weighted by molar-refractivity contribution is 6.02. The van der Waals surface area contributed by atoms with E-state index in [1.807, 2.05) is 54.6 Å². The Labute approximate surface area is 105 Å². The lowest BCUT2D eigenvalue weighted by atomic mass is 9.89. The molecule has 0 aromatic heterocycles. The minimum Gasteiger partial charge on any atom is -0.362 e. The smallest absolute Gasteiger partial charge is 0.210 e. The number of benzene rings is 2. The van der Waals surface area contributed by atoms with Crippen molar-refractivity contribution >= 4 is 17.9 Å². The summed E-state index contributed by atoms with van der Waals surface area (Å²) < 4.78 is 0. The zero-order chi connectivity index (χ0) is 12.2. The number of aliphatic imine (C=N–C) groups is 1. The van der Waals surface area contributed by atoms with Crippen molar-refractivity contribution in [2.75, 3.05) is 0 Å². The zero-order valence-corrected chi connectivity index (χ0v) is 9.67. The number of fused-ring (bicyclic) bond motifs is 5. The average Bonchev–Trinajstić information content (AvgIpc) is 2.73. The molecule has 1 heterocycles. The molecular weight excluding hydrogens is 222 g/mol. The van der Waals surface area contributed by atoms with Crippen LogP contribution in [-0.4, -0.2) is 11.3 Å². The number of nitrogens with zero attached hydrogens (tertiary/aromatic N) is 1. The first-order valence-corrected chi connectivity index (χ1v) is 5.98. The van der Waals surface area contributed by atoms with Gasteiger partial charge in [-0.25, -0.2) is 4.99 Å². The van der Waals surface area contributed by atoms with E-state index < -0.39 is 5.72 Å². The van der Waals surface area contributed by atoms with Crippen molar-refractivity contribution in [3.63, 3.8) is 0 Å². The molecule has 0 saturated carbocycles. The molecule has 2 aromatic rings. The quantitative estimate of drug-likeness (QED) is 0.745. The van der Waals surface area contributed by atoms with Gasteiger partial charge in [0.05, 0.1) is 0 Å². The summed E-state index contributed by atoms with van der Waals surface area (Å²) in [6.45, 7) is 0. The molecule has 0 bridgehead atoms. The summed E-state index contributed by atoms with van der Waals surface area (Å²) in [4.78, 5) is 4.37. The molecule has 1 atom stereocenters. The van der Waals surface area contributed by atoms with Crippen LogP contribution in [0.5, 0.6) is 0 Å². The van der Waals surface area contributed by atoms with Gasteiger partial charge in [0, 0.05) is 22.9 Å². The molecular formula is C16H11NO. The fourth-order valence-corrected chi connectivity index (χ4v) is 2.76. The van der Waals surface area contributed by atoms with Crippen molar-refractivity contribution in [1.29, 1.82) is 0 Å². The second-order valence-corrected chi connectivity index (χ2v) is 4.66. The molecule has 1 aliphatic heterocycles. The fraction of sp³-hybridized carbons (Fsp3) is 0.0625. The van der Waals surface area contributed by atoms with Gasteiger partial charge in [0.15, 0.2) is 0 Å². The molecule has 4 rings (SSSR count). The van der Waals surface area contributed by atoms with Crippen LogP contribution >= 0.6 is 0 Å². The molecule has 1 N–H and O–H groups in total. The van der Waals surface area contributed by atoms with Crippen molar-refractivity contribution in [3.05, 3.63) is 70.8 Å². The van der Waals surface area contributed by atoms with Crippen LogP contribution in [0.2, 0.25) is 0 Å². The SMILES string of the molecule is OC12N=Cc3ccccc3C1=Cc1ccccc12. The van der Waals surface area contributed by atoms with Gasteiger partial charge < -0.3 is 5.11 Å². The zero-order valence-electron chi connectivity index (χ0n) is 9.67. The normalized spacial score (nSPS) is 23.1. The summed E-state index contributed by atoms with van der Waals surface area (Å²) in [6, 6.07) is 15.9.